The SMILES string of the molecule is CCNC(=NCC(C)SC)NCCC1=CCCCC1.I. The lowest BCUT2D eigenvalue weighted by atomic mass is 9.97. The number of hydrogen-bond donors (Lipinski definition) is 2. The molecular formula is C15H30IN3S. The lowest BCUT2D eigenvalue weighted by Crippen LogP contribution is -2.38. The minimum Gasteiger partial charge on any atom is -0.357 e. The Balaban J connectivity index is 0.00000361. The van der Waals surface area contributed by atoms with Gasteiger partial charge in [-0.05, 0) is 45.3 Å². The summed E-state index contributed by atoms with van der Waals surface area (Å²) in [6.45, 7) is 7.11. The molecule has 0 spiro atoms. The molecule has 0 saturated carbocycles. The number of hydrogen-bond acceptors (Lipinski definition) is 2. The molecule has 1 atom stereocenters. The maximum atomic E-state index is 4.62. The second kappa shape index (κ2) is 12.8. The smallest absolute Gasteiger partial charge is 0.191 e. The highest BCUT2D eigenvalue weighted by Crippen LogP contribution is 2.19. The van der Waals surface area contributed by atoms with Crippen LogP contribution in [0, 0.1) is 0 Å². The summed E-state index contributed by atoms with van der Waals surface area (Å²) in [5.74, 6) is 0.958. The molecule has 3 nitrogen and oxygen atoms in total. The van der Waals surface area contributed by atoms with E-state index >= 15 is 0 Å². The van der Waals surface area contributed by atoms with E-state index in [4.69, 9.17) is 0 Å². The van der Waals surface area contributed by atoms with E-state index in [-0.39, 0.29) is 24.0 Å². The highest BCUT2D eigenvalue weighted by molar-refractivity contribution is 14.0. The summed E-state index contributed by atoms with van der Waals surface area (Å²) in [5.41, 5.74) is 1.62. The van der Waals surface area contributed by atoms with Crippen molar-refractivity contribution < 1.29 is 0 Å². The van der Waals surface area contributed by atoms with Crippen LogP contribution in [0.1, 0.15) is 46.0 Å². The Labute approximate surface area is 145 Å². The first kappa shape index (κ1) is 20.1. The topological polar surface area (TPSA) is 36.4 Å². The van der Waals surface area contributed by atoms with Gasteiger partial charge in [0.15, 0.2) is 5.96 Å². The number of rotatable bonds is 7. The van der Waals surface area contributed by atoms with Crippen molar-refractivity contribution in [2.24, 2.45) is 4.99 Å². The first-order chi connectivity index (χ1) is 9.26. The van der Waals surface area contributed by atoms with E-state index in [1.165, 1.54) is 25.7 Å². The molecule has 0 aromatic rings. The van der Waals surface area contributed by atoms with Crippen molar-refractivity contribution in [3.63, 3.8) is 0 Å². The molecule has 0 fully saturated rings. The number of nitrogens with one attached hydrogen (secondary N) is 2. The summed E-state index contributed by atoms with van der Waals surface area (Å²) in [5, 5.41) is 7.33. The zero-order chi connectivity index (χ0) is 13.9. The number of allylic oxidation sites excluding steroid dienone is 1. The molecule has 118 valence electrons. The van der Waals surface area contributed by atoms with E-state index in [1.54, 1.807) is 5.57 Å². The Kier molecular flexibility index (Phi) is 12.9. The third-order valence-corrected chi connectivity index (χ3v) is 4.33. The third kappa shape index (κ3) is 9.10. The van der Waals surface area contributed by atoms with Crippen molar-refractivity contribution in [2.75, 3.05) is 25.9 Å². The monoisotopic (exact) mass is 411 g/mol. The minimum absolute atomic E-state index is 0. The van der Waals surface area contributed by atoms with Crippen LogP contribution in [0.5, 0.6) is 0 Å². The lowest BCUT2D eigenvalue weighted by molar-refractivity contribution is 0.665. The minimum atomic E-state index is 0. The van der Waals surface area contributed by atoms with Crippen LogP contribution in [-0.4, -0.2) is 37.1 Å². The quantitative estimate of drug-likeness (QED) is 0.290. The third-order valence-electron chi connectivity index (χ3n) is 3.38. The number of aliphatic imine (C=N–C) groups is 1. The van der Waals surface area contributed by atoms with Gasteiger partial charge in [0.25, 0.3) is 0 Å². The lowest BCUT2D eigenvalue weighted by Gasteiger charge is -2.15. The summed E-state index contributed by atoms with van der Waals surface area (Å²) in [6, 6.07) is 0. The molecule has 0 amide bonds. The van der Waals surface area contributed by atoms with Crippen molar-refractivity contribution >= 4 is 41.7 Å². The Morgan fingerprint density at radius 2 is 2.20 bits per heavy atom. The second-order valence-corrected chi connectivity index (χ2v) is 6.33. The molecule has 1 aliphatic carbocycles. The van der Waals surface area contributed by atoms with Gasteiger partial charge in [0.05, 0.1) is 6.54 Å². The van der Waals surface area contributed by atoms with Gasteiger partial charge in [0, 0.05) is 18.3 Å². The van der Waals surface area contributed by atoms with Crippen LogP contribution in [0.15, 0.2) is 16.6 Å². The molecule has 0 heterocycles. The normalized spacial score (nSPS) is 16.9. The van der Waals surface area contributed by atoms with E-state index in [9.17, 15) is 0 Å². The summed E-state index contributed by atoms with van der Waals surface area (Å²) in [4.78, 5) is 4.62. The first-order valence-electron chi connectivity index (χ1n) is 7.49. The molecule has 0 radical (unpaired) electrons. The molecule has 1 unspecified atom stereocenters. The summed E-state index contributed by atoms with van der Waals surface area (Å²) in [6.07, 6.45) is 11.0. The fourth-order valence-electron chi connectivity index (χ4n) is 2.11. The van der Waals surface area contributed by atoms with Crippen molar-refractivity contribution in [1.82, 2.24) is 10.6 Å². The van der Waals surface area contributed by atoms with Crippen molar-refractivity contribution in [1.29, 1.82) is 0 Å². The van der Waals surface area contributed by atoms with E-state index in [1.807, 2.05) is 11.8 Å². The van der Waals surface area contributed by atoms with Gasteiger partial charge in [-0.3, -0.25) is 4.99 Å². The Bertz CT molecular complexity index is 305. The molecule has 0 saturated heterocycles. The molecule has 1 aliphatic rings. The van der Waals surface area contributed by atoms with Crippen LogP contribution in [0.3, 0.4) is 0 Å². The van der Waals surface area contributed by atoms with Gasteiger partial charge in [-0.25, -0.2) is 0 Å². The van der Waals surface area contributed by atoms with Crippen LogP contribution in [0.4, 0.5) is 0 Å². The van der Waals surface area contributed by atoms with Gasteiger partial charge in [-0.1, -0.05) is 18.6 Å². The highest BCUT2D eigenvalue weighted by Gasteiger charge is 2.04. The molecule has 20 heavy (non-hydrogen) atoms. The predicted octanol–water partition coefficient (Wildman–Crippen LogP) is 3.80. The Morgan fingerprint density at radius 1 is 1.40 bits per heavy atom. The molecule has 0 bridgehead atoms. The fourth-order valence-corrected chi connectivity index (χ4v) is 2.33. The van der Waals surface area contributed by atoms with Crippen LogP contribution in [0.25, 0.3) is 0 Å². The Morgan fingerprint density at radius 3 is 2.80 bits per heavy atom. The number of halogens is 1. The summed E-state index contributed by atoms with van der Waals surface area (Å²) in [7, 11) is 0. The maximum Gasteiger partial charge on any atom is 0.191 e. The average molecular weight is 411 g/mol. The molecule has 0 aromatic heterocycles. The average Bonchev–Trinajstić information content (AvgIpc) is 2.45. The van der Waals surface area contributed by atoms with Gasteiger partial charge >= 0.3 is 0 Å². The predicted molar refractivity (Wildman–Crippen MR) is 104 cm³/mol. The molecule has 0 aliphatic heterocycles. The van der Waals surface area contributed by atoms with Gasteiger partial charge in [0.1, 0.15) is 0 Å². The van der Waals surface area contributed by atoms with Crippen molar-refractivity contribution in [2.45, 2.75) is 51.2 Å². The zero-order valence-corrected chi connectivity index (χ0v) is 16.2. The fraction of sp³-hybridized carbons (Fsp3) is 0.800. The van der Waals surface area contributed by atoms with E-state index in [0.29, 0.717) is 5.25 Å². The van der Waals surface area contributed by atoms with Crippen molar-refractivity contribution in [3.8, 4) is 0 Å². The standard InChI is InChI=1S/C15H29N3S.HI/c1-4-16-15(18-12-13(2)19-3)17-11-10-14-8-6-5-7-9-14;/h8,13H,4-7,9-12H2,1-3H3,(H2,16,17,18);1H. The molecule has 2 N–H and O–H groups in total. The Hall–Kier alpha value is 0.0900. The van der Waals surface area contributed by atoms with E-state index < -0.39 is 0 Å². The molecule has 0 aromatic carbocycles. The second-order valence-electron chi connectivity index (χ2n) is 5.05. The highest BCUT2D eigenvalue weighted by atomic mass is 127. The zero-order valence-electron chi connectivity index (χ0n) is 13.1. The van der Waals surface area contributed by atoms with E-state index in [0.717, 1.165) is 32.0 Å². The van der Waals surface area contributed by atoms with Crippen LogP contribution in [0.2, 0.25) is 0 Å². The van der Waals surface area contributed by atoms with Crippen LogP contribution >= 0.6 is 35.7 Å². The van der Waals surface area contributed by atoms with Gasteiger partial charge < -0.3 is 10.6 Å². The van der Waals surface area contributed by atoms with Crippen LogP contribution in [-0.2, 0) is 0 Å². The maximum absolute atomic E-state index is 4.62. The molecule has 1 rings (SSSR count). The number of nitrogens with zero attached hydrogens (tertiary/aromatic N) is 1. The number of thioether (sulfide) groups is 1. The summed E-state index contributed by atoms with van der Waals surface area (Å²) < 4.78 is 0. The van der Waals surface area contributed by atoms with Gasteiger partial charge in [0.2, 0.25) is 0 Å². The summed E-state index contributed by atoms with van der Waals surface area (Å²) >= 11 is 1.86. The molecule has 5 heteroatoms. The first-order valence-corrected chi connectivity index (χ1v) is 8.78. The van der Waals surface area contributed by atoms with Crippen LogP contribution < -0.4 is 10.6 Å². The van der Waals surface area contributed by atoms with Gasteiger partial charge in [-0.15, -0.1) is 24.0 Å². The number of guanidine groups is 1. The molecular weight excluding hydrogens is 381 g/mol. The van der Waals surface area contributed by atoms with Gasteiger partial charge in [-0.2, -0.15) is 11.8 Å². The largest absolute Gasteiger partial charge is 0.357 e. The van der Waals surface area contributed by atoms with E-state index in [2.05, 4.69) is 41.8 Å². The van der Waals surface area contributed by atoms with Crippen molar-refractivity contribution in [3.05, 3.63) is 11.6 Å².